The lowest BCUT2D eigenvalue weighted by atomic mass is 10.2. The minimum Gasteiger partial charge on any atom is -0.465 e. The molecule has 0 aliphatic heterocycles. The van der Waals surface area contributed by atoms with E-state index < -0.39 is 0 Å². The molecule has 0 atom stereocenters. The van der Waals surface area contributed by atoms with Crippen molar-refractivity contribution in [1.29, 1.82) is 0 Å². The van der Waals surface area contributed by atoms with Gasteiger partial charge < -0.3 is 8.83 Å². The van der Waals surface area contributed by atoms with Crippen LogP contribution in [0.25, 0.3) is 39.7 Å². The van der Waals surface area contributed by atoms with Crippen LogP contribution >= 0.6 is 11.3 Å². The van der Waals surface area contributed by atoms with Gasteiger partial charge in [-0.15, -0.1) is 10.2 Å². The summed E-state index contributed by atoms with van der Waals surface area (Å²) in [7, 11) is 0. The lowest BCUT2D eigenvalue weighted by Crippen LogP contribution is -1.89. The molecule has 116 valence electrons. The summed E-state index contributed by atoms with van der Waals surface area (Å²) in [5.41, 5.74) is 0.817. The molecule has 4 heterocycles. The third kappa shape index (κ3) is 2.14. The Morgan fingerprint density at radius 2 is 2.00 bits per heavy atom. The minimum absolute atomic E-state index is 0.593. The molecule has 0 bridgehead atoms. The van der Waals surface area contributed by atoms with Gasteiger partial charge >= 0.3 is 0 Å². The van der Waals surface area contributed by atoms with Gasteiger partial charge in [-0.05, 0) is 36.4 Å². The van der Waals surface area contributed by atoms with Crippen LogP contribution in [0, 0.1) is 0 Å². The summed E-state index contributed by atoms with van der Waals surface area (Å²) in [5, 5.41) is 14.8. The fourth-order valence-corrected chi connectivity index (χ4v) is 3.23. The highest BCUT2D eigenvalue weighted by molar-refractivity contribution is 7.17. The molecule has 0 saturated carbocycles. The Kier molecular flexibility index (Phi) is 2.86. The van der Waals surface area contributed by atoms with Crippen molar-refractivity contribution in [2.45, 2.75) is 0 Å². The molecule has 0 radical (unpaired) electrons. The molecule has 0 aliphatic rings. The van der Waals surface area contributed by atoms with Crippen molar-refractivity contribution in [1.82, 2.24) is 19.8 Å². The lowest BCUT2D eigenvalue weighted by molar-refractivity contribution is 0.557. The Morgan fingerprint density at radius 1 is 1.04 bits per heavy atom. The van der Waals surface area contributed by atoms with Gasteiger partial charge in [0.15, 0.2) is 5.76 Å². The first-order valence-electron chi connectivity index (χ1n) is 7.30. The molecule has 6 nitrogen and oxygen atoms in total. The lowest BCUT2D eigenvalue weighted by Gasteiger charge is -1.89. The van der Waals surface area contributed by atoms with Crippen LogP contribution in [0.3, 0.4) is 0 Å². The van der Waals surface area contributed by atoms with Gasteiger partial charge in [0.25, 0.3) is 0 Å². The van der Waals surface area contributed by atoms with Crippen LogP contribution in [0.15, 0.2) is 57.6 Å². The van der Waals surface area contributed by atoms with E-state index >= 15 is 0 Å². The van der Waals surface area contributed by atoms with Crippen LogP contribution in [0.1, 0.15) is 10.8 Å². The van der Waals surface area contributed by atoms with E-state index in [-0.39, 0.29) is 0 Å². The Bertz CT molecular complexity index is 1130. The topological polar surface area (TPSA) is 69.4 Å². The third-order valence-corrected chi connectivity index (χ3v) is 4.45. The van der Waals surface area contributed by atoms with E-state index in [1.54, 1.807) is 10.8 Å². The molecule has 5 rings (SSSR count). The second kappa shape index (κ2) is 5.17. The van der Waals surface area contributed by atoms with Crippen LogP contribution in [-0.2, 0) is 0 Å². The highest BCUT2D eigenvalue weighted by atomic mass is 32.1. The summed E-state index contributed by atoms with van der Waals surface area (Å²) in [5.74, 6) is 2.02. The summed E-state index contributed by atoms with van der Waals surface area (Å²) < 4.78 is 12.8. The molecule has 24 heavy (non-hydrogen) atoms. The van der Waals surface area contributed by atoms with Crippen LogP contribution in [0.5, 0.6) is 0 Å². The van der Waals surface area contributed by atoms with Crippen molar-refractivity contribution in [3.8, 4) is 11.6 Å². The minimum atomic E-state index is 0.593. The third-order valence-electron chi connectivity index (χ3n) is 3.59. The van der Waals surface area contributed by atoms with Gasteiger partial charge in [0, 0.05) is 5.39 Å². The molecular formula is C17H10N4O2S. The predicted molar refractivity (Wildman–Crippen MR) is 91.5 cm³/mol. The smallest absolute Gasteiger partial charge is 0.235 e. The van der Waals surface area contributed by atoms with Crippen LogP contribution in [0.2, 0.25) is 0 Å². The average molecular weight is 334 g/mol. The van der Waals surface area contributed by atoms with Gasteiger partial charge in [0.1, 0.15) is 16.4 Å². The molecule has 0 spiro atoms. The molecule has 1 aromatic carbocycles. The van der Waals surface area contributed by atoms with Gasteiger partial charge in [-0.2, -0.15) is 9.61 Å². The van der Waals surface area contributed by atoms with Gasteiger partial charge in [-0.25, -0.2) is 0 Å². The molecule has 0 unspecified atom stereocenters. The quantitative estimate of drug-likeness (QED) is 0.490. The number of hydrogen-bond acceptors (Lipinski definition) is 6. The van der Waals surface area contributed by atoms with Crippen molar-refractivity contribution in [3.63, 3.8) is 0 Å². The van der Waals surface area contributed by atoms with E-state index in [1.165, 1.54) is 11.3 Å². The zero-order valence-corrected chi connectivity index (χ0v) is 13.1. The van der Waals surface area contributed by atoms with Gasteiger partial charge in [-0.3, -0.25) is 0 Å². The highest BCUT2D eigenvalue weighted by Crippen LogP contribution is 2.28. The van der Waals surface area contributed by atoms with E-state index in [2.05, 4.69) is 15.3 Å². The van der Waals surface area contributed by atoms with Crippen molar-refractivity contribution >= 4 is 39.4 Å². The fraction of sp³-hybridized carbons (Fsp3) is 0. The number of para-hydroxylation sites is 1. The average Bonchev–Trinajstić information content (AvgIpc) is 3.34. The number of fused-ring (bicyclic) bond motifs is 2. The first-order chi connectivity index (χ1) is 11.9. The number of furan rings is 2. The van der Waals surface area contributed by atoms with Gasteiger partial charge in [0.2, 0.25) is 10.8 Å². The van der Waals surface area contributed by atoms with Crippen molar-refractivity contribution in [2.24, 2.45) is 0 Å². The van der Waals surface area contributed by atoms with Crippen molar-refractivity contribution in [2.75, 3.05) is 0 Å². The molecule has 7 heteroatoms. The highest BCUT2D eigenvalue weighted by Gasteiger charge is 2.16. The zero-order chi connectivity index (χ0) is 15.9. The van der Waals surface area contributed by atoms with Crippen LogP contribution in [0.4, 0.5) is 0 Å². The SMILES string of the molecule is C(=Cc1nn2c(-c3cc4ccccc4o3)nnc2s1)c1ccco1. The molecule has 0 N–H and O–H groups in total. The number of nitrogens with zero attached hydrogens (tertiary/aromatic N) is 4. The molecular weight excluding hydrogens is 324 g/mol. The Labute approximate surface area is 139 Å². The number of benzene rings is 1. The summed E-state index contributed by atoms with van der Waals surface area (Å²) in [4.78, 5) is 0.713. The van der Waals surface area contributed by atoms with E-state index in [4.69, 9.17) is 8.83 Å². The molecule has 0 aliphatic carbocycles. The largest absolute Gasteiger partial charge is 0.465 e. The maximum Gasteiger partial charge on any atom is 0.235 e. The Morgan fingerprint density at radius 3 is 2.88 bits per heavy atom. The normalized spacial score (nSPS) is 12.0. The molecule has 0 amide bonds. The monoisotopic (exact) mass is 334 g/mol. The summed E-state index contributed by atoms with van der Waals surface area (Å²) >= 11 is 1.45. The Balaban J connectivity index is 1.57. The predicted octanol–water partition coefficient (Wildman–Crippen LogP) is 4.36. The maximum atomic E-state index is 5.86. The summed E-state index contributed by atoms with van der Waals surface area (Å²) in [6.45, 7) is 0. The second-order valence-electron chi connectivity index (χ2n) is 5.16. The van der Waals surface area contributed by atoms with Crippen molar-refractivity contribution in [3.05, 3.63) is 59.5 Å². The summed E-state index contributed by atoms with van der Waals surface area (Å²) in [6.07, 6.45) is 5.39. The van der Waals surface area contributed by atoms with E-state index in [0.717, 1.165) is 21.7 Å². The van der Waals surface area contributed by atoms with Crippen LogP contribution < -0.4 is 0 Å². The molecule has 0 saturated heterocycles. The standard InChI is InChI=1S/C17H10N4O2S/c1-2-6-13-11(4-1)10-14(23-13)16-18-19-17-21(16)20-15(24-17)8-7-12-5-3-9-22-12/h1-10H. The summed E-state index contributed by atoms with van der Waals surface area (Å²) in [6, 6.07) is 13.5. The van der Waals surface area contributed by atoms with E-state index in [1.807, 2.05) is 54.6 Å². The van der Waals surface area contributed by atoms with Gasteiger partial charge in [0.05, 0.1) is 6.26 Å². The maximum absolute atomic E-state index is 5.86. The number of aromatic nitrogens is 4. The molecule has 0 fully saturated rings. The second-order valence-corrected chi connectivity index (χ2v) is 6.14. The molecule has 5 aromatic rings. The molecule has 4 aromatic heterocycles. The van der Waals surface area contributed by atoms with Gasteiger partial charge in [-0.1, -0.05) is 29.5 Å². The van der Waals surface area contributed by atoms with E-state index in [9.17, 15) is 0 Å². The number of rotatable bonds is 3. The Hall–Kier alpha value is -3.19. The first kappa shape index (κ1) is 13.3. The van der Waals surface area contributed by atoms with Crippen molar-refractivity contribution < 1.29 is 8.83 Å². The first-order valence-corrected chi connectivity index (χ1v) is 8.11. The van der Waals surface area contributed by atoms with Crippen LogP contribution in [-0.4, -0.2) is 19.8 Å². The van der Waals surface area contributed by atoms with E-state index in [0.29, 0.717) is 16.5 Å². The number of hydrogen-bond donors (Lipinski definition) is 0. The zero-order valence-electron chi connectivity index (χ0n) is 12.3. The fourth-order valence-electron chi connectivity index (χ4n) is 2.48.